The van der Waals surface area contributed by atoms with Crippen LogP contribution in [0.1, 0.15) is 6.92 Å². The molecular weight excluding hydrogens is 96.0 g/mol. The average molecular weight is 104 g/mol. The van der Waals surface area contributed by atoms with Crippen LogP contribution < -0.4 is 0 Å². The van der Waals surface area contributed by atoms with E-state index in [1.165, 1.54) is 0 Å². The molecule has 0 aromatic rings. The van der Waals surface area contributed by atoms with Crippen molar-refractivity contribution < 1.29 is 14.9 Å². The van der Waals surface area contributed by atoms with Gasteiger partial charge in [0.15, 0.2) is 6.29 Å². The zero-order valence-corrected chi connectivity index (χ0v) is 4.03. The molecule has 2 N–H and O–H groups in total. The van der Waals surface area contributed by atoms with Gasteiger partial charge in [0.05, 0.1) is 6.10 Å². The van der Waals surface area contributed by atoms with Crippen LogP contribution in [0.15, 0.2) is 0 Å². The molecule has 3 nitrogen and oxygen atoms in total. The van der Waals surface area contributed by atoms with Crippen molar-refractivity contribution in [3.63, 3.8) is 0 Å². The summed E-state index contributed by atoms with van der Waals surface area (Å²) in [6.45, 7) is 1.58. The molecule has 0 amide bonds. The minimum Gasteiger partial charge on any atom is -0.391 e. The second kappa shape index (κ2) is 1.43. The van der Waals surface area contributed by atoms with Crippen LogP contribution in [-0.2, 0) is 4.74 Å². The lowest BCUT2D eigenvalue weighted by Crippen LogP contribution is -2.10. The van der Waals surface area contributed by atoms with Gasteiger partial charge in [-0.05, 0) is 6.92 Å². The number of hydrogen-bond donors (Lipinski definition) is 2. The molecule has 42 valence electrons. The fourth-order valence-corrected chi connectivity index (χ4v) is 0.468. The van der Waals surface area contributed by atoms with E-state index in [4.69, 9.17) is 10.2 Å². The van der Waals surface area contributed by atoms with Gasteiger partial charge in [0.25, 0.3) is 0 Å². The van der Waals surface area contributed by atoms with Crippen molar-refractivity contribution in [1.82, 2.24) is 0 Å². The summed E-state index contributed by atoms with van der Waals surface area (Å²) in [6, 6.07) is 0. The van der Waals surface area contributed by atoms with Gasteiger partial charge in [0.2, 0.25) is 0 Å². The number of epoxide rings is 1. The smallest absolute Gasteiger partial charge is 0.184 e. The normalized spacial score (nSPS) is 43.3. The van der Waals surface area contributed by atoms with Gasteiger partial charge in [0.1, 0.15) is 6.10 Å². The molecule has 0 radical (unpaired) electrons. The van der Waals surface area contributed by atoms with Crippen molar-refractivity contribution in [2.24, 2.45) is 0 Å². The van der Waals surface area contributed by atoms with E-state index in [0.717, 1.165) is 0 Å². The first-order valence-electron chi connectivity index (χ1n) is 2.23. The maximum Gasteiger partial charge on any atom is 0.184 e. The van der Waals surface area contributed by atoms with Crippen LogP contribution in [0.5, 0.6) is 0 Å². The number of aliphatic hydroxyl groups excluding tert-OH is 2. The Morgan fingerprint density at radius 2 is 2.14 bits per heavy atom. The maximum atomic E-state index is 8.58. The molecule has 1 rings (SSSR count). The van der Waals surface area contributed by atoms with Crippen molar-refractivity contribution in [1.29, 1.82) is 0 Å². The first-order chi connectivity index (χ1) is 3.22. The van der Waals surface area contributed by atoms with Gasteiger partial charge in [-0.15, -0.1) is 0 Å². The van der Waals surface area contributed by atoms with Gasteiger partial charge in [-0.2, -0.15) is 0 Å². The predicted octanol–water partition coefficient (Wildman–Crippen LogP) is -0.916. The molecule has 7 heavy (non-hydrogen) atoms. The van der Waals surface area contributed by atoms with Crippen LogP contribution >= 0.6 is 0 Å². The second-order valence-corrected chi connectivity index (χ2v) is 1.73. The standard InChI is InChI=1S/C4H8O3/c1-2(5)3-4(6)7-3/h2-6H,1H3. The summed E-state index contributed by atoms with van der Waals surface area (Å²) < 4.78 is 4.48. The number of aliphatic hydroxyl groups is 2. The molecular formula is C4H8O3. The zero-order chi connectivity index (χ0) is 5.44. The highest BCUT2D eigenvalue weighted by atomic mass is 16.7. The first kappa shape index (κ1) is 5.03. The Balaban J connectivity index is 2.20. The van der Waals surface area contributed by atoms with Crippen LogP contribution in [0.2, 0.25) is 0 Å². The molecule has 1 aliphatic heterocycles. The van der Waals surface area contributed by atoms with Gasteiger partial charge in [0, 0.05) is 0 Å². The lowest BCUT2D eigenvalue weighted by Gasteiger charge is -1.91. The van der Waals surface area contributed by atoms with E-state index in [1.807, 2.05) is 0 Å². The highest BCUT2D eigenvalue weighted by molar-refractivity contribution is 4.79. The molecule has 1 fully saturated rings. The quantitative estimate of drug-likeness (QED) is 0.423. The SMILES string of the molecule is CC(O)C1OC1O. The third kappa shape index (κ3) is 0.907. The fraction of sp³-hybridized carbons (Fsp3) is 1.00. The molecule has 1 aliphatic rings. The van der Waals surface area contributed by atoms with Gasteiger partial charge in [-0.1, -0.05) is 0 Å². The van der Waals surface area contributed by atoms with Gasteiger partial charge >= 0.3 is 0 Å². The van der Waals surface area contributed by atoms with Crippen LogP contribution in [0.25, 0.3) is 0 Å². The minimum absolute atomic E-state index is 0.319. The Labute approximate surface area is 41.5 Å². The summed E-state index contributed by atoms with van der Waals surface area (Å²) in [7, 11) is 0. The summed E-state index contributed by atoms with van der Waals surface area (Å²) in [4.78, 5) is 0. The van der Waals surface area contributed by atoms with Gasteiger partial charge < -0.3 is 14.9 Å². The number of hydrogen-bond acceptors (Lipinski definition) is 3. The molecule has 3 unspecified atom stereocenters. The lowest BCUT2D eigenvalue weighted by atomic mass is 10.3. The van der Waals surface area contributed by atoms with E-state index < -0.39 is 12.4 Å². The van der Waals surface area contributed by atoms with Gasteiger partial charge in [-0.3, -0.25) is 0 Å². The Morgan fingerprint density at radius 1 is 1.71 bits per heavy atom. The van der Waals surface area contributed by atoms with E-state index in [1.54, 1.807) is 6.92 Å². The largest absolute Gasteiger partial charge is 0.391 e. The molecule has 3 atom stereocenters. The third-order valence-electron chi connectivity index (χ3n) is 0.976. The third-order valence-corrected chi connectivity index (χ3v) is 0.976. The summed E-state index contributed by atoms with van der Waals surface area (Å²) in [5.74, 6) is 0. The molecule has 1 heterocycles. The van der Waals surface area contributed by atoms with Gasteiger partial charge in [-0.25, -0.2) is 0 Å². The number of ether oxygens (including phenoxy) is 1. The summed E-state index contributed by atoms with van der Waals surface area (Å²) in [6.07, 6.45) is -1.56. The van der Waals surface area contributed by atoms with E-state index in [0.29, 0.717) is 0 Å². The monoisotopic (exact) mass is 104 g/mol. The lowest BCUT2D eigenvalue weighted by molar-refractivity contribution is 0.145. The van der Waals surface area contributed by atoms with E-state index >= 15 is 0 Å². The summed E-state index contributed by atoms with van der Waals surface area (Å²) in [5, 5.41) is 17.0. The summed E-state index contributed by atoms with van der Waals surface area (Å²) in [5.41, 5.74) is 0. The summed E-state index contributed by atoms with van der Waals surface area (Å²) >= 11 is 0. The molecule has 3 heteroatoms. The Morgan fingerprint density at radius 3 is 2.14 bits per heavy atom. The molecule has 0 spiro atoms. The zero-order valence-electron chi connectivity index (χ0n) is 4.03. The van der Waals surface area contributed by atoms with E-state index in [2.05, 4.69) is 4.74 Å². The van der Waals surface area contributed by atoms with Crippen LogP contribution in [0.4, 0.5) is 0 Å². The Hall–Kier alpha value is -0.120. The van der Waals surface area contributed by atoms with Crippen LogP contribution in [0.3, 0.4) is 0 Å². The van der Waals surface area contributed by atoms with Crippen molar-refractivity contribution in [2.75, 3.05) is 0 Å². The fourth-order valence-electron chi connectivity index (χ4n) is 0.468. The van der Waals surface area contributed by atoms with E-state index in [-0.39, 0.29) is 6.10 Å². The van der Waals surface area contributed by atoms with Crippen LogP contribution in [-0.4, -0.2) is 28.7 Å². The predicted molar refractivity (Wildman–Crippen MR) is 22.6 cm³/mol. The van der Waals surface area contributed by atoms with Crippen molar-refractivity contribution >= 4 is 0 Å². The molecule has 0 aromatic carbocycles. The van der Waals surface area contributed by atoms with Crippen molar-refractivity contribution in [2.45, 2.75) is 25.4 Å². The second-order valence-electron chi connectivity index (χ2n) is 1.73. The minimum atomic E-state index is -0.708. The van der Waals surface area contributed by atoms with Crippen molar-refractivity contribution in [3.8, 4) is 0 Å². The van der Waals surface area contributed by atoms with Crippen molar-refractivity contribution in [3.05, 3.63) is 0 Å². The Bertz CT molecular complexity index is 71.3. The molecule has 0 saturated carbocycles. The van der Waals surface area contributed by atoms with Crippen LogP contribution in [0, 0.1) is 0 Å². The first-order valence-corrected chi connectivity index (χ1v) is 2.23. The molecule has 0 aliphatic carbocycles. The van der Waals surface area contributed by atoms with E-state index in [9.17, 15) is 0 Å². The highest BCUT2D eigenvalue weighted by Gasteiger charge is 2.40. The Kier molecular flexibility index (Phi) is 1.03. The highest BCUT2D eigenvalue weighted by Crippen LogP contribution is 2.21. The molecule has 0 aromatic heterocycles. The number of rotatable bonds is 1. The topological polar surface area (TPSA) is 53.0 Å². The molecule has 0 bridgehead atoms. The average Bonchev–Trinajstić information content (AvgIpc) is 2.17. The maximum absolute atomic E-state index is 8.58. The molecule has 1 saturated heterocycles.